The number of nitrogens with two attached hydrogens (primary N) is 2. The summed E-state index contributed by atoms with van der Waals surface area (Å²) in [5.41, 5.74) is 11.9. The molecule has 5 unspecified atom stereocenters. The zero-order valence-corrected chi connectivity index (χ0v) is 27.2. The number of aliphatic hydroxyl groups excluding tert-OH is 1. The molecule has 9 nitrogen and oxygen atoms in total. The molecule has 0 bridgehead atoms. The minimum atomic E-state index is -1.43. The van der Waals surface area contributed by atoms with Crippen molar-refractivity contribution in [3.05, 3.63) is 47.0 Å². The lowest BCUT2D eigenvalue weighted by atomic mass is 9.34. The average Bonchev–Trinajstić information content (AvgIpc) is 3.22. The Morgan fingerprint density at radius 1 is 0.889 bits per heavy atom. The van der Waals surface area contributed by atoms with Gasteiger partial charge < -0.3 is 21.4 Å². The lowest BCUT2D eigenvalue weighted by molar-refractivity contribution is -0.190. The van der Waals surface area contributed by atoms with E-state index in [1.807, 2.05) is 13.0 Å². The summed E-state index contributed by atoms with van der Waals surface area (Å²) in [6.07, 6.45) is 7.49. The van der Waals surface area contributed by atoms with Crippen LogP contribution in [0, 0.1) is 39.4 Å². The van der Waals surface area contributed by atoms with Gasteiger partial charge in [-0.25, -0.2) is 4.79 Å². The largest absolute Gasteiger partial charge is 0.391 e. The van der Waals surface area contributed by atoms with Crippen LogP contribution >= 0.6 is 0 Å². The van der Waals surface area contributed by atoms with Gasteiger partial charge in [0.2, 0.25) is 0 Å². The highest BCUT2D eigenvalue weighted by atomic mass is 16.7. The predicted octanol–water partition coefficient (Wildman–Crippen LogP) is 4.46. The first kappa shape index (κ1) is 30.8. The highest BCUT2D eigenvalue weighted by Crippen LogP contribution is 2.74. The van der Waals surface area contributed by atoms with Crippen molar-refractivity contribution in [1.82, 2.24) is 5.06 Å². The van der Waals surface area contributed by atoms with Gasteiger partial charge >= 0.3 is 5.97 Å². The number of hydrogen-bond donors (Lipinski definition) is 3. The molecule has 5 N–H and O–H groups in total. The highest BCUT2D eigenvalue weighted by Gasteiger charge is 2.70. The normalized spacial score (nSPS) is 47.2. The molecule has 7 rings (SSSR count). The van der Waals surface area contributed by atoms with Crippen LogP contribution in [0.1, 0.15) is 113 Å². The van der Waals surface area contributed by atoms with Crippen LogP contribution in [-0.4, -0.2) is 50.9 Å². The van der Waals surface area contributed by atoms with Crippen LogP contribution in [-0.2, 0) is 14.4 Å². The number of hydroxylamine groups is 2. The zero-order valence-electron chi connectivity index (χ0n) is 27.2. The summed E-state index contributed by atoms with van der Waals surface area (Å²) in [6, 6.07) is 6.39. The Morgan fingerprint density at radius 2 is 1.51 bits per heavy atom. The molecule has 5 aliphatic carbocycles. The Kier molecular flexibility index (Phi) is 6.39. The van der Waals surface area contributed by atoms with Crippen molar-refractivity contribution in [2.75, 3.05) is 0 Å². The number of aliphatic hydroxyl groups is 1. The van der Waals surface area contributed by atoms with E-state index in [0.29, 0.717) is 24.3 Å². The van der Waals surface area contributed by atoms with E-state index < -0.39 is 35.0 Å². The molecule has 9 heteroatoms. The monoisotopic (exact) mass is 617 g/mol. The van der Waals surface area contributed by atoms with Gasteiger partial charge in [-0.05, 0) is 116 Å². The Morgan fingerprint density at radius 3 is 2.16 bits per heavy atom. The third-order valence-electron chi connectivity index (χ3n) is 14.4. The fourth-order valence-corrected chi connectivity index (χ4v) is 11.4. The Bertz CT molecular complexity index is 1530. The molecular weight excluding hydrogens is 570 g/mol. The van der Waals surface area contributed by atoms with E-state index in [1.54, 1.807) is 12.1 Å². The van der Waals surface area contributed by atoms with Crippen molar-refractivity contribution in [2.24, 2.45) is 50.9 Å². The summed E-state index contributed by atoms with van der Waals surface area (Å²) >= 11 is 0. The van der Waals surface area contributed by atoms with E-state index in [0.717, 1.165) is 37.7 Å². The van der Waals surface area contributed by atoms with Crippen LogP contribution in [0.5, 0.6) is 0 Å². The molecular formula is C36H47N3O6. The number of amides is 2. The third-order valence-corrected chi connectivity index (χ3v) is 14.4. The number of imide groups is 1. The number of fused-ring (bicyclic) bond motifs is 8. The fraction of sp³-hybridized carbons (Fsp3) is 0.667. The number of hydrogen-bond acceptors (Lipinski definition) is 8. The van der Waals surface area contributed by atoms with Gasteiger partial charge in [0.05, 0.1) is 17.2 Å². The second-order valence-electron chi connectivity index (χ2n) is 16.6. The summed E-state index contributed by atoms with van der Waals surface area (Å²) in [6.45, 7) is 11.0. The number of allylic oxidation sites excluding steroid dienone is 2. The number of ketones is 1. The topological polar surface area (TPSA) is 153 Å². The number of benzene rings is 1. The van der Waals surface area contributed by atoms with E-state index in [2.05, 4.69) is 27.7 Å². The van der Waals surface area contributed by atoms with E-state index in [4.69, 9.17) is 16.3 Å². The Balaban J connectivity index is 1.21. The Hall–Kier alpha value is -2.88. The molecule has 1 aliphatic heterocycles. The first-order valence-corrected chi connectivity index (χ1v) is 16.6. The van der Waals surface area contributed by atoms with Crippen LogP contribution in [0.4, 0.5) is 0 Å². The molecule has 242 valence electrons. The van der Waals surface area contributed by atoms with E-state index in [-0.39, 0.29) is 62.7 Å². The standard InChI is InChI=1S/C36H47N3O6/c1-31-14-16-33(3)22(18-24(40)27-32(2)12-11-26(41)35(5,37)25(32)10-13-34(27,33)4)23(31)19-36(38,17-15-31)30(44)45-39-28(42)20-8-6-7-9-21(20)29(39)43/h6-9,18,23,25-27,41H,10-17,19,37-38H2,1-5H3/t23?,25-,26?,27-,31?,32?,33-,34?,35+,36-/m1/s1. The average molecular weight is 618 g/mol. The first-order chi connectivity index (χ1) is 20.9. The molecule has 1 aromatic rings. The third kappa shape index (κ3) is 3.83. The minimum Gasteiger partial charge on any atom is -0.391 e. The predicted molar refractivity (Wildman–Crippen MR) is 166 cm³/mol. The molecule has 1 aromatic carbocycles. The van der Waals surface area contributed by atoms with Crippen LogP contribution in [0.3, 0.4) is 0 Å². The lowest BCUT2D eigenvalue weighted by Gasteiger charge is -2.70. The smallest absolute Gasteiger partial charge is 0.352 e. The van der Waals surface area contributed by atoms with Gasteiger partial charge in [0.15, 0.2) is 5.78 Å². The van der Waals surface area contributed by atoms with Crippen LogP contribution < -0.4 is 11.5 Å². The molecule has 6 aliphatic rings. The highest BCUT2D eigenvalue weighted by molar-refractivity contribution is 6.21. The number of carbonyl (C=O) groups is 4. The summed E-state index contributed by atoms with van der Waals surface area (Å²) < 4.78 is 0. The van der Waals surface area contributed by atoms with Crippen molar-refractivity contribution < 1.29 is 29.1 Å². The molecule has 0 aromatic heterocycles. The van der Waals surface area contributed by atoms with Gasteiger partial charge in [-0.15, -0.1) is 0 Å². The van der Waals surface area contributed by atoms with E-state index >= 15 is 0 Å². The molecule has 0 spiro atoms. The maximum absolute atomic E-state index is 14.5. The Labute approximate surface area is 265 Å². The molecule has 0 saturated heterocycles. The van der Waals surface area contributed by atoms with Crippen molar-refractivity contribution in [2.45, 2.75) is 110 Å². The number of carbonyl (C=O) groups excluding carboxylic acids is 4. The van der Waals surface area contributed by atoms with Crippen LogP contribution in [0.25, 0.3) is 0 Å². The van der Waals surface area contributed by atoms with Gasteiger partial charge in [-0.2, -0.15) is 0 Å². The molecule has 4 fully saturated rings. The molecule has 1 heterocycles. The van der Waals surface area contributed by atoms with Gasteiger partial charge in [0.25, 0.3) is 11.8 Å². The lowest BCUT2D eigenvalue weighted by Crippen LogP contribution is -2.70. The zero-order chi connectivity index (χ0) is 32.5. The van der Waals surface area contributed by atoms with Crippen LogP contribution in [0.2, 0.25) is 0 Å². The summed E-state index contributed by atoms with van der Waals surface area (Å²) in [5.74, 6) is -2.35. The summed E-state index contributed by atoms with van der Waals surface area (Å²) in [7, 11) is 0. The maximum atomic E-state index is 14.5. The molecule has 0 radical (unpaired) electrons. The quantitative estimate of drug-likeness (QED) is 0.411. The van der Waals surface area contributed by atoms with Gasteiger partial charge in [0, 0.05) is 11.5 Å². The van der Waals surface area contributed by atoms with Gasteiger partial charge in [0.1, 0.15) is 5.54 Å². The molecule has 4 saturated carbocycles. The van der Waals surface area contributed by atoms with Gasteiger partial charge in [-0.1, -0.05) is 50.5 Å². The summed E-state index contributed by atoms with van der Waals surface area (Å²) in [4.78, 5) is 59.7. The second-order valence-corrected chi connectivity index (χ2v) is 16.6. The molecule has 45 heavy (non-hydrogen) atoms. The second kappa shape index (κ2) is 9.35. The van der Waals surface area contributed by atoms with Crippen molar-refractivity contribution in [3.63, 3.8) is 0 Å². The van der Waals surface area contributed by atoms with Crippen molar-refractivity contribution in [1.29, 1.82) is 0 Å². The molecule has 10 atom stereocenters. The van der Waals surface area contributed by atoms with Crippen LogP contribution in [0.15, 0.2) is 35.9 Å². The van der Waals surface area contributed by atoms with Crippen molar-refractivity contribution >= 4 is 23.6 Å². The summed E-state index contributed by atoms with van der Waals surface area (Å²) in [5, 5.41) is 11.4. The fourth-order valence-electron chi connectivity index (χ4n) is 11.4. The number of nitrogens with zero attached hydrogens (tertiary/aromatic N) is 1. The minimum absolute atomic E-state index is 0.0338. The maximum Gasteiger partial charge on any atom is 0.352 e. The van der Waals surface area contributed by atoms with Crippen molar-refractivity contribution in [3.8, 4) is 0 Å². The number of rotatable bonds is 2. The first-order valence-electron chi connectivity index (χ1n) is 16.6. The van der Waals surface area contributed by atoms with E-state index in [9.17, 15) is 24.3 Å². The van der Waals surface area contributed by atoms with Gasteiger partial charge in [-0.3, -0.25) is 14.4 Å². The SMILES string of the molecule is CC12CC[C@](N)(C(=O)ON3C(=O)c4ccccc4C3=O)CC1C1=CC(=O)[C@@H]3C4(C)CCC(O)[C@@](C)(N)[C@@H]4CCC3(C)[C@]1(C)CC2. The van der Waals surface area contributed by atoms with E-state index in [1.165, 1.54) is 12.1 Å². The molecule has 2 amide bonds.